The van der Waals surface area contributed by atoms with E-state index in [1.807, 2.05) is 10.3 Å². The van der Waals surface area contributed by atoms with Crippen molar-refractivity contribution in [1.29, 1.82) is 0 Å². The van der Waals surface area contributed by atoms with Gasteiger partial charge in [0.1, 0.15) is 10.7 Å². The van der Waals surface area contributed by atoms with Gasteiger partial charge in [-0.3, -0.25) is 14.8 Å². The average Bonchev–Trinajstić information content (AvgIpc) is 3.16. The summed E-state index contributed by atoms with van der Waals surface area (Å²) in [6.07, 6.45) is 7.31. The minimum absolute atomic E-state index is 0.110. The lowest BCUT2D eigenvalue weighted by molar-refractivity contribution is -0.131. The van der Waals surface area contributed by atoms with Gasteiger partial charge in [-0.25, -0.2) is 4.98 Å². The second-order valence-corrected chi connectivity index (χ2v) is 5.89. The molecule has 21 heavy (non-hydrogen) atoms. The number of amides is 1. The Morgan fingerprint density at radius 3 is 3.14 bits per heavy atom. The molecule has 2 N–H and O–H groups in total. The van der Waals surface area contributed by atoms with Crippen molar-refractivity contribution in [3.63, 3.8) is 0 Å². The maximum atomic E-state index is 12.3. The maximum Gasteiger partial charge on any atom is 0.228 e. The van der Waals surface area contributed by atoms with E-state index in [0.29, 0.717) is 13.0 Å². The highest BCUT2D eigenvalue weighted by atomic mass is 32.1. The van der Waals surface area contributed by atoms with Gasteiger partial charge < -0.3 is 10.6 Å². The van der Waals surface area contributed by atoms with E-state index in [1.54, 1.807) is 18.6 Å². The van der Waals surface area contributed by atoms with Gasteiger partial charge >= 0.3 is 0 Å². The Kier molecular flexibility index (Phi) is 4.21. The van der Waals surface area contributed by atoms with Crippen LogP contribution in [0.2, 0.25) is 0 Å². The zero-order valence-corrected chi connectivity index (χ0v) is 12.4. The van der Waals surface area contributed by atoms with Gasteiger partial charge in [0.25, 0.3) is 0 Å². The summed E-state index contributed by atoms with van der Waals surface area (Å²) < 4.78 is 0. The lowest BCUT2D eigenvalue weighted by atomic mass is 10.2. The van der Waals surface area contributed by atoms with Crippen molar-refractivity contribution in [3.8, 4) is 10.7 Å². The second-order valence-electron chi connectivity index (χ2n) is 5.03. The number of carbonyl (C=O) groups excluding carboxylic acids is 1. The third kappa shape index (κ3) is 3.08. The third-order valence-corrected chi connectivity index (χ3v) is 4.55. The highest BCUT2D eigenvalue weighted by Crippen LogP contribution is 2.22. The van der Waals surface area contributed by atoms with Crippen LogP contribution in [-0.4, -0.2) is 44.9 Å². The van der Waals surface area contributed by atoms with Crippen molar-refractivity contribution in [1.82, 2.24) is 19.9 Å². The third-order valence-electron chi connectivity index (χ3n) is 3.64. The van der Waals surface area contributed by atoms with E-state index in [2.05, 4.69) is 15.0 Å². The lowest BCUT2D eigenvalue weighted by Gasteiger charge is -2.23. The normalized spacial score (nSPS) is 18.1. The van der Waals surface area contributed by atoms with Crippen LogP contribution in [0.3, 0.4) is 0 Å². The number of nitrogens with two attached hydrogens (primary N) is 1. The second kappa shape index (κ2) is 6.28. The van der Waals surface area contributed by atoms with E-state index in [9.17, 15) is 4.79 Å². The SMILES string of the molecule is NCC1CCCN1C(=O)Cc1csc(-c2cnccn2)n1. The fraction of sp³-hybridized carbons (Fsp3) is 0.429. The Labute approximate surface area is 127 Å². The number of aromatic nitrogens is 3. The average molecular weight is 303 g/mol. The van der Waals surface area contributed by atoms with Crippen LogP contribution in [0.15, 0.2) is 24.0 Å². The van der Waals surface area contributed by atoms with E-state index in [4.69, 9.17) is 5.73 Å². The van der Waals surface area contributed by atoms with Crippen LogP contribution in [0, 0.1) is 0 Å². The molecule has 0 spiro atoms. The first-order valence-corrected chi connectivity index (χ1v) is 7.86. The number of likely N-dealkylation sites (tertiary alicyclic amines) is 1. The first-order chi connectivity index (χ1) is 10.3. The first-order valence-electron chi connectivity index (χ1n) is 6.98. The molecule has 1 aliphatic rings. The van der Waals surface area contributed by atoms with Gasteiger partial charge in [-0.1, -0.05) is 0 Å². The van der Waals surface area contributed by atoms with Crippen LogP contribution >= 0.6 is 11.3 Å². The van der Waals surface area contributed by atoms with Gasteiger partial charge in [0.2, 0.25) is 5.91 Å². The molecular formula is C14H17N5OS. The Balaban J connectivity index is 1.69. The van der Waals surface area contributed by atoms with E-state index in [1.165, 1.54) is 11.3 Å². The lowest BCUT2D eigenvalue weighted by Crippen LogP contribution is -2.40. The number of hydrogen-bond acceptors (Lipinski definition) is 6. The highest BCUT2D eigenvalue weighted by molar-refractivity contribution is 7.13. The molecule has 1 unspecified atom stereocenters. The molecule has 6 nitrogen and oxygen atoms in total. The number of nitrogens with zero attached hydrogens (tertiary/aromatic N) is 4. The highest BCUT2D eigenvalue weighted by Gasteiger charge is 2.27. The largest absolute Gasteiger partial charge is 0.338 e. The Morgan fingerprint density at radius 1 is 1.48 bits per heavy atom. The summed E-state index contributed by atoms with van der Waals surface area (Å²) in [5.41, 5.74) is 7.24. The molecule has 0 bridgehead atoms. The van der Waals surface area contributed by atoms with E-state index >= 15 is 0 Å². The molecule has 2 aromatic rings. The first kappa shape index (κ1) is 14.1. The Bertz CT molecular complexity index is 615. The molecule has 0 saturated carbocycles. The predicted octanol–water partition coefficient (Wildman–Crippen LogP) is 1.09. The molecule has 1 atom stereocenters. The standard InChI is InChI=1S/C14H17N5OS/c15-7-11-2-1-5-19(11)13(20)6-10-9-21-14(18-10)12-8-16-3-4-17-12/h3-4,8-9,11H,1-2,5-7,15H2. The fourth-order valence-corrected chi connectivity index (χ4v) is 3.36. The van der Waals surface area contributed by atoms with Crippen LogP contribution < -0.4 is 5.73 Å². The molecule has 0 radical (unpaired) electrons. The molecule has 110 valence electrons. The topological polar surface area (TPSA) is 85.0 Å². The van der Waals surface area contributed by atoms with Gasteiger partial charge in [0.05, 0.1) is 18.3 Å². The molecule has 7 heteroatoms. The van der Waals surface area contributed by atoms with Crippen molar-refractivity contribution in [3.05, 3.63) is 29.7 Å². The monoisotopic (exact) mass is 303 g/mol. The summed E-state index contributed by atoms with van der Waals surface area (Å²) in [5.74, 6) is 0.110. The number of rotatable bonds is 4. The zero-order valence-electron chi connectivity index (χ0n) is 11.6. The van der Waals surface area contributed by atoms with Gasteiger partial charge in [-0.2, -0.15) is 0 Å². The molecule has 2 aromatic heterocycles. The number of hydrogen-bond donors (Lipinski definition) is 1. The summed E-state index contributed by atoms with van der Waals surface area (Å²) in [4.78, 5) is 27.0. The van der Waals surface area contributed by atoms with Crippen LogP contribution in [0.4, 0.5) is 0 Å². The summed E-state index contributed by atoms with van der Waals surface area (Å²) >= 11 is 1.48. The molecule has 1 amide bonds. The van der Waals surface area contributed by atoms with Crippen molar-refractivity contribution < 1.29 is 4.79 Å². The molecule has 3 rings (SSSR count). The summed E-state index contributed by atoms with van der Waals surface area (Å²) in [7, 11) is 0. The van der Waals surface area contributed by atoms with Crippen LogP contribution in [0.5, 0.6) is 0 Å². The molecule has 3 heterocycles. The van der Waals surface area contributed by atoms with E-state index in [0.717, 1.165) is 35.8 Å². The maximum absolute atomic E-state index is 12.3. The van der Waals surface area contributed by atoms with E-state index < -0.39 is 0 Å². The molecular weight excluding hydrogens is 286 g/mol. The van der Waals surface area contributed by atoms with Crippen molar-refractivity contribution in [2.24, 2.45) is 5.73 Å². The predicted molar refractivity (Wildman–Crippen MR) is 80.6 cm³/mol. The summed E-state index contributed by atoms with van der Waals surface area (Å²) in [6, 6.07) is 0.190. The molecule has 1 aliphatic heterocycles. The van der Waals surface area contributed by atoms with Crippen molar-refractivity contribution >= 4 is 17.2 Å². The number of carbonyl (C=O) groups is 1. The molecule has 0 aliphatic carbocycles. The minimum Gasteiger partial charge on any atom is -0.338 e. The van der Waals surface area contributed by atoms with Crippen LogP contribution in [-0.2, 0) is 11.2 Å². The molecule has 0 aromatic carbocycles. The van der Waals surface area contributed by atoms with Crippen molar-refractivity contribution in [2.45, 2.75) is 25.3 Å². The molecule has 1 fully saturated rings. The summed E-state index contributed by atoms with van der Waals surface area (Å²) in [6.45, 7) is 1.34. The van der Waals surface area contributed by atoms with Crippen molar-refractivity contribution in [2.75, 3.05) is 13.1 Å². The molecule has 1 saturated heterocycles. The Morgan fingerprint density at radius 2 is 2.38 bits per heavy atom. The minimum atomic E-state index is 0.110. The van der Waals surface area contributed by atoms with Gasteiger partial charge in [-0.15, -0.1) is 11.3 Å². The van der Waals surface area contributed by atoms with Crippen LogP contribution in [0.1, 0.15) is 18.5 Å². The number of thiazole rings is 1. The quantitative estimate of drug-likeness (QED) is 0.914. The van der Waals surface area contributed by atoms with E-state index in [-0.39, 0.29) is 11.9 Å². The summed E-state index contributed by atoms with van der Waals surface area (Å²) in [5, 5.41) is 2.71. The Hall–Kier alpha value is -1.86. The smallest absolute Gasteiger partial charge is 0.228 e. The van der Waals surface area contributed by atoms with Gasteiger partial charge in [0, 0.05) is 36.9 Å². The van der Waals surface area contributed by atoms with Gasteiger partial charge in [0.15, 0.2) is 0 Å². The fourth-order valence-electron chi connectivity index (χ4n) is 2.58. The van der Waals surface area contributed by atoms with Gasteiger partial charge in [-0.05, 0) is 12.8 Å². The van der Waals surface area contributed by atoms with Crippen LogP contribution in [0.25, 0.3) is 10.7 Å². The zero-order chi connectivity index (χ0) is 14.7.